The van der Waals surface area contributed by atoms with E-state index in [1.54, 1.807) is 12.2 Å². The average Bonchev–Trinajstić information content (AvgIpc) is 2.16. The van der Waals surface area contributed by atoms with E-state index in [0.717, 1.165) is 12.0 Å². The molecular weight excluding hydrogens is 184 g/mol. The summed E-state index contributed by atoms with van der Waals surface area (Å²) in [4.78, 5) is 11.8. The van der Waals surface area contributed by atoms with Crippen LogP contribution in [0.15, 0.2) is 42.2 Å². The first-order chi connectivity index (χ1) is 6.99. The molecule has 0 bridgehead atoms. The molecular formula is C14H20O. The zero-order chi connectivity index (χ0) is 11.9. The summed E-state index contributed by atoms with van der Waals surface area (Å²) in [7, 11) is 0. The molecule has 0 spiro atoms. The van der Waals surface area contributed by atoms with Gasteiger partial charge in [-0.1, -0.05) is 32.6 Å². The molecule has 0 radical (unpaired) electrons. The minimum absolute atomic E-state index is 0.0856. The van der Waals surface area contributed by atoms with Crippen LogP contribution >= 0.6 is 0 Å². The monoisotopic (exact) mass is 204 g/mol. The Hall–Kier alpha value is -1.33. The topological polar surface area (TPSA) is 17.1 Å². The van der Waals surface area contributed by atoms with Gasteiger partial charge in [-0.15, -0.1) is 5.73 Å². The number of ketones is 1. The molecule has 0 aliphatic heterocycles. The van der Waals surface area contributed by atoms with Crippen LogP contribution in [-0.2, 0) is 4.79 Å². The quantitative estimate of drug-likeness (QED) is 0.491. The molecule has 0 rings (SSSR count). The van der Waals surface area contributed by atoms with E-state index in [4.69, 9.17) is 0 Å². The maximum atomic E-state index is 11.8. The molecule has 0 N–H and O–H groups in total. The van der Waals surface area contributed by atoms with Crippen molar-refractivity contribution in [3.63, 3.8) is 0 Å². The minimum Gasteiger partial charge on any atom is -0.290 e. The van der Waals surface area contributed by atoms with Crippen molar-refractivity contribution >= 4 is 5.78 Å². The van der Waals surface area contributed by atoms with E-state index in [9.17, 15) is 4.79 Å². The van der Waals surface area contributed by atoms with Crippen molar-refractivity contribution in [2.75, 3.05) is 0 Å². The van der Waals surface area contributed by atoms with E-state index < -0.39 is 0 Å². The van der Waals surface area contributed by atoms with Crippen LogP contribution in [0.25, 0.3) is 0 Å². The van der Waals surface area contributed by atoms with Gasteiger partial charge >= 0.3 is 0 Å². The van der Waals surface area contributed by atoms with Gasteiger partial charge in [-0.2, -0.15) is 0 Å². The first kappa shape index (κ1) is 13.7. The van der Waals surface area contributed by atoms with Gasteiger partial charge in [0.25, 0.3) is 0 Å². The molecule has 0 saturated heterocycles. The van der Waals surface area contributed by atoms with Crippen LogP contribution in [0.5, 0.6) is 0 Å². The van der Waals surface area contributed by atoms with E-state index in [1.807, 2.05) is 26.0 Å². The van der Waals surface area contributed by atoms with Crippen molar-refractivity contribution in [2.24, 2.45) is 5.41 Å². The Kier molecular flexibility index (Phi) is 5.66. The maximum Gasteiger partial charge on any atom is 0.181 e. The first-order valence-corrected chi connectivity index (χ1v) is 5.17. The van der Waals surface area contributed by atoms with Crippen LogP contribution in [0.3, 0.4) is 0 Å². The number of hydrogen-bond donors (Lipinski definition) is 0. The Bertz CT molecular complexity index is 323. The van der Waals surface area contributed by atoms with Gasteiger partial charge in [0.2, 0.25) is 0 Å². The Labute approximate surface area is 92.9 Å². The van der Waals surface area contributed by atoms with Gasteiger partial charge in [0, 0.05) is 5.57 Å². The highest BCUT2D eigenvalue weighted by Crippen LogP contribution is 2.31. The van der Waals surface area contributed by atoms with Gasteiger partial charge in [-0.25, -0.2) is 0 Å². The van der Waals surface area contributed by atoms with Gasteiger partial charge in [0.05, 0.1) is 0 Å². The molecule has 0 saturated carbocycles. The van der Waals surface area contributed by atoms with Gasteiger partial charge < -0.3 is 0 Å². The predicted molar refractivity (Wildman–Crippen MR) is 65.7 cm³/mol. The highest BCUT2D eigenvalue weighted by molar-refractivity contribution is 6.04. The summed E-state index contributed by atoms with van der Waals surface area (Å²) in [5, 5.41) is 0. The van der Waals surface area contributed by atoms with Crippen LogP contribution in [0.2, 0.25) is 0 Å². The lowest BCUT2D eigenvalue weighted by Gasteiger charge is -2.24. The third kappa shape index (κ3) is 4.14. The Morgan fingerprint density at radius 1 is 1.40 bits per heavy atom. The van der Waals surface area contributed by atoms with E-state index >= 15 is 0 Å². The standard InChI is InChI=1S/C14H20O/c1-6-9-11-14(4,5)12(8-3)13(15)10-7-2/h7-10H,1,11H2,2-5H3/b10-7+,12-8+. The highest BCUT2D eigenvalue weighted by atomic mass is 16.1. The molecule has 15 heavy (non-hydrogen) atoms. The molecule has 1 nitrogen and oxygen atoms in total. The van der Waals surface area contributed by atoms with Gasteiger partial charge in [0.1, 0.15) is 0 Å². The lowest BCUT2D eigenvalue weighted by molar-refractivity contribution is -0.112. The van der Waals surface area contributed by atoms with Gasteiger partial charge in [-0.05, 0) is 37.8 Å². The summed E-state index contributed by atoms with van der Waals surface area (Å²) in [5.41, 5.74) is 3.43. The highest BCUT2D eigenvalue weighted by Gasteiger charge is 2.25. The second-order valence-electron chi connectivity index (χ2n) is 4.06. The summed E-state index contributed by atoms with van der Waals surface area (Å²) in [6.07, 6.45) is 7.91. The molecule has 0 aliphatic carbocycles. The van der Waals surface area contributed by atoms with E-state index in [0.29, 0.717) is 0 Å². The molecule has 0 amide bonds. The number of carbonyl (C=O) groups excluding carboxylic acids is 1. The fourth-order valence-electron chi connectivity index (χ4n) is 1.54. The first-order valence-electron chi connectivity index (χ1n) is 5.17. The number of rotatable bonds is 5. The molecule has 1 heteroatoms. The lowest BCUT2D eigenvalue weighted by Crippen LogP contribution is -2.19. The summed E-state index contributed by atoms with van der Waals surface area (Å²) in [6, 6.07) is 0. The average molecular weight is 204 g/mol. The van der Waals surface area contributed by atoms with E-state index in [-0.39, 0.29) is 11.2 Å². The summed E-state index contributed by atoms with van der Waals surface area (Å²) in [5.74, 6) is 0.0856. The largest absolute Gasteiger partial charge is 0.290 e. The predicted octanol–water partition coefficient (Wildman–Crippen LogP) is 3.84. The Morgan fingerprint density at radius 3 is 2.40 bits per heavy atom. The molecule has 0 heterocycles. The lowest BCUT2D eigenvalue weighted by atomic mass is 9.78. The van der Waals surface area contributed by atoms with Crippen molar-refractivity contribution in [3.05, 3.63) is 42.2 Å². The van der Waals surface area contributed by atoms with E-state index in [2.05, 4.69) is 26.2 Å². The summed E-state index contributed by atoms with van der Waals surface area (Å²) in [6.45, 7) is 11.4. The normalized spacial score (nSPS) is 12.7. The van der Waals surface area contributed by atoms with Crippen LogP contribution in [0, 0.1) is 5.41 Å². The Morgan fingerprint density at radius 2 is 2.00 bits per heavy atom. The number of allylic oxidation sites excluding steroid dienone is 5. The molecule has 0 atom stereocenters. The smallest absolute Gasteiger partial charge is 0.181 e. The van der Waals surface area contributed by atoms with Crippen molar-refractivity contribution in [3.8, 4) is 0 Å². The minimum atomic E-state index is -0.157. The van der Waals surface area contributed by atoms with Gasteiger partial charge in [0.15, 0.2) is 5.78 Å². The van der Waals surface area contributed by atoms with Crippen LogP contribution in [0.1, 0.15) is 34.1 Å². The number of carbonyl (C=O) groups is 1. The SMILES string of the molecule is C=C=CCC(C)(C)/C(=C/C)C(=O)/C=C/C. The van der Waals surface area contributed by atoms with Crippen LogP contribution < -0.4 is 0 Å². The molecule has 0 aliphatic rings. The Balaban J connectivity index is 4.96. The second kappa shape index (κ2) is 6.21. The number of hydrogen-bond acceptors (Lipinski definition) is 1. The summed E-state index contributed by atoms with van der Waals surface area (Å²) >= 11 is 0. The molecule has 0 aromatic rings. The van der Waals surface area contributed by atoms with E-state index in [1.165, 1.54) is 0 Å². The fraction of sp³-hybridized carbons (Fsp3) is 0.429. The zero-order valence-corrected chi connectivity index (χ0v) is 10.1. The molecule has 82 valence electrons. The molecule has 0 aromatic heterocycles. The summed E-state index contributed by atoms with van der Waals surface area (Å²) < 4.78 is 0. The molecule has 0 unspecified atom stereocenters. The fourth-order valence-corrected chi connectivity index (χ4v) is 1.54. The van der Waals surface area contributed by atoms with Crippen LogP contribution in [-0.4, -0.2) is 5.78 Å². The van der Waals surface area contributed by atoms with Crippen molar-refractivity contribution in [1.82, 2.24) is 0 Å². The third-order valence-electron chi connectivity index (χ3n) is 2.36. The second-order valence-corrected chi connectivity index (χ2v) is 4.06. The maximum absolute atomic E-state index is 11.8. The van der Waals surface area contributed by atoms with Crippen molar-refractivity contribution in [2.45, 2.75) is 34.1 Å². The zero-order valence-electron chi connectivity index (χ0n) is 10.1. The van der Waals surface area contributed by atoms with Crippen molar-refractivity contribution < 1.29 is 4.79 Å². The molecule has 0 fully saturated rings. The van der Waals surface area contributed by atoms with Gasteiger partial charge in [-0.3, -0.25) is 4.79 Å². The third-order valence-corrected chi connectivity index (χ3v) is 2.36. The van der Waals surface area contributed by atoms with Crippen molar-refractivity contribution in [1.29, 1.82) is 0 Å². The van der Waals surface area contributed by atoms with Crippen LogP contribution in [0.4, 0.5) is 0 Å². The molecule has 0 aromatic carbocycles.